The molecule has 0 radical (unpaired) electrons. The minimum Gasteiger partial charge on any atom is -0.493 e. The van der Waals surface area contributed by atoms with Gasteiger partial charge in [0.25, 0.3) is 0 Å². The van der Waals surface area contributed by atoms with Crippen LogP contribution < -0.4 is 14.8 Å². The fourth-order valence-corrected chi connectivity index (χ4v) is 2.77. The molecule has 0 spiro atoms. The summed E-state index contributed by atoms with van der Waals surface area (Å²) in [5.74, 6) is 1.42. The van der Waals surface area contributed by atoms with Crippen molar-refractivity contribution < 1.29 is 14.3 Å². The van der Waals surface area contributed by atoms with Crippen LogP contribution in [0.5, 0.6) is 11.5 Å². The number of carbonyl (C=O) groups excluding carboxylic acids is 1. The van der Waals surface area contributed by atoms with Gasteiger partial charge in [0, 0.05) is 6.42 Å². The standard InChI is InChI=1S/C21H27NO3/c1-5-18(17-11-12-19(24-3)20(14-17)25-4)22-21(23)13-10-16-8-6-15(2)7-9-16/h6-9,11-12,14,18H,5,10,13H2,1-4H3,(H,22,23)/t18-/m1/s1. The van der Waals surface area contributed by atoms with E-state index in [0.717, 1.165) is 18.4 Å². The van der Waals surface area contributed by atoms with Gasteiger partial charge in [0.2, 0.25) is 5.91 Å². The van der Waals surface area contributed by atoms with E-state index in [9.17, 15) is 4.79 Å². The Morgan fingerprint density at radius 3 is 2.32 bits per heavy atom. The van der Waals surface area contributed by atoms with Crippen molar-refractivity contribution in [2.45, 2.75) is 39.2 Å². The third kappa shape index (κ3) is 5.24. The maximum Gasteiger partial charge on any atom is 0.220 e. The molecule has 0 unspecified atom stereocenters. The molecule has 4 nitrogen and oxygen atoms in total. The molecule has 0 saturated carbocycles. The summed E-state index contributed by atoms with van der Waals surface area (Å²) in [6, 6.07) is 14.0. The van der Waals surface area contributed by atoms with E-state index < -0.39 is 0 Å². The molecule has 1 amide bonds. The molecule has 0 aliphatic heterocycles. The number of carbonyl (C=O) groups is 1. The highest BCUT2D eigenvalue weighted by atomic mass is 16.5. The number of ether oxygens (including phenoxy) is 2. The zero-order chi connectivity index (χ0) is 18.2. The number of hydrogen-bond acceptors (Lipinski definition) is 3. The first-order chi connectivity index (χ1) is 12.1. The zero-order valence-electron chi connectivity index (χ0n) is 15.5. The van der Waals surface area contributed by atoms with E-state index in [4.69, 9.17) is 9.47 Å². The molecule has 0 aromatic heterocycles. The quantitative estimate of drug-likeness (QED) is 0.782. The number of methoxy groups -OCH3 is 2. The van der Waals surface area contributed by atoms with Crippen molar-refractivity contribution in [1.29, 1.82) is 0 Å². The largest absolute Gasteiger partial charge is 0.493 e. The Labute approximate surface area is 150 Å². The second-order valence-corrected chi connectivity index (χ2v) is 6.13. The van der Waals surface area contributed by atoms with Crippen LogP contribution in [0.2, 0.25) is 0 Å². The van der Waals surface area contributed by atoms with Crippen LogP contribution >= 0.6 is 0 Å². The first-order valence-electron chi connectivity index (χ1n) is 8.64. The number of benzene rings is 2. The van der Waals surface area contributed by atoms with Crippen molar-refractivity contribution in [2.24, 2.45) is 0 Å². The van der Waals surface area contributed by atoms with Crippen molar-refractivity contribution in [3.05, 3.63) is 59.2 Å². The number of nitrogens with one attached hydrogen (secondary N) is 1. The number of rotatable bonds is 8. The van der Waals surface area contributed by atoms with Gasteiger partial charge >= 0.3 is 0 Å². The summed E-state index contributed by atoms with van der Waals surface area (Å²) < 4.78 is 10.6. The van der Waals surface area contributed by atoms with Crippen molar-refractivity contribution in [1.82, 2.24) is 5.32 Å². The normalized spacial score (nSPS) is 11.7. The van der Waals surface area contributed by atoms with E-state index in [0.29, 0.717) is 17.9 Å². The average molecular weight is 341 g/mol. The molecule has 2 aromatic rings. The Hall–Kier alpha value is -2.49. The highest BCUT2D eigenvalue weighted by Crippen LogP contribution is 2.30. The third-order valence-electron chi connectivity index (χ3n) is 4.31. The molecule has 0 saturated heterocycles. The van der Waals surface area contributed by atoms with Gasteiger partial charge in [0.15, 0.2) is 11.5 Å². The van der Waals surface area contributed by atoms with Crippen LogP contribution in [0.1, 0.15) is 42.5 Å². The van der Waals surface area contributed by atoms with Crippen LogP contribution in [-0.2, 0) is 11.2 Å². The first kappa shape index (κ1) is 18.8. The molecule has 134 valence electrons. The summed E-state index contributed by atoms with van der Waals surface area (Å²) >= 11 is 0. The molecule has 0 bridgehead atoms. The molecule has 0 fully saturated rings. The summed E-state index contributed by atoms with van der Waals surface area (Å²) in [6.07, 6.45) is 2.03. The summed E-state index contributed by atoms with van der Waals surface area (Å²) in [7, 11) is 3.23. The molecule has 1 atom stereocenters. The summed E-state index contributed by atoms with van der Waals surface area (Å²) in [5, 5.41) is 3.12. The van der Waals surface area contributed by atoms with Crippen LogP contribution in [-0.4, -0.2) is 20.1 Å². The van der Waals surface area contributed by atoms with Gasteiger partial charge < -0.3 is 14.8 Å². The minimum absolute atomic E-state index is 0.0367. The van der Waals surface area contributed by atoms with Gasteiger partial charge in [-0.15, -0.1) is 0 Å². The predicted molar refractivity (Wildman–Crippen MR) is 100 cm³/mol. The van der Waals surface area contributed by atoms with Crippen LogP contribution in [0.15, 0.2) is 42.5 Å². The van der Waals surface area contributed by atoms with Gasteiger partial charge in [-0.05, 0) is 43.0 Å². The lowest BCUT2D eigenvalue weighted by Gasteiger charge is -2.19. The van der Waals surface area contributed by atoms with Gasteiger partial charge in [-0.1, -0.05) is 42.8 Å². The molecular weight excluding hydrogens is 314 g/mol. The molecule has 25 heavy (non-hydrogen) atoms. The summed E-state index contributed by atoms with van der Waals surface area (Å²) in [6.45, 7) is 4.12. The molecular formula is C21H27NO3. The highest BCUT2D eigenvalue weighted by molar-refractivity contribution is 5.76. The van der Waals surface area contributed by atoms with Crippen LogP contribution in [0, 0.1) is 6.92 Å². The molecule has 0 aliphatic rings. The summed E-state index contributed by atoms with van der Waals surface area (Å²) in [5.41, 5.74) is 3.43. The fourth-order valence-electron chi connectivity index (χ4n) is 2.77. The van der Waals surface area contributed by atoms with Crippen LogP contribution in [0.25, 0.3) is 0 Å². The number of amides is 1. The van der Waals surface area contributed by atoms with Crippen LogP contribution in [0.3, 0.4) is 0 Å². The smallest absolute Gasteiger partial charge is 0.220 e. The van der Waals surface area contributed by atoms with Crippen LogP contribution in [0.4, 0.5) is 0 Å². The Morgan fingerprint density at radius 1 is 1.04 bits per heavy atom. The fraction of sp³-hybridized carbons (Fsp3) is 0.381. The van der Waals surface area contributed by atoms with Crippen molar-refractivity contribution in [3.63, 3.8) is 0 Å². The second-order valence-electron chi connectivity index (χ2n) is 6.13. The topological polar surface area (TPSA) is 47.6 Å². The second kappa shape index (κ2) is 9.11. The Balaban J connectivity index is 1.98. The summed E-state index contributed by atoms with van der Waals surface area (Å²) in [4.78, 5) is 12.3. The molecule has 1 N–H and O–H groups in total. The van der Waals surface area contributed by atoms with E-state index in [2.05, 4.69) is 43.4 Å². The lowest BCUT2D eigenvalue weighted by Crippen LogP contribution is -2.28. The SMILES string of the molecule is CC[C@@H](NC(=O)CCc1ccc(C)cc1)c1ccc(OC)c(OC)c1. The zero-order valence-corrected chi connectivity index (χ0v) is 15.5. The lowest BCUT2D eigenvalue weighted by molar-refractivity contribution is -0.121. The van der Waals surface area contributed by atoms with Gasteiger partial charge in [0.05, 0.1) is 20.3 Å². The van der Waals surface area contributed by atoms with E-state index in [1.165, 1.54) is 11.1 Å². The van der Waals surface area contributed by atoms with E-state index in [1.54, 1.807) is 14.2 Å². The maximum absolute atomic E-state index is 12.3. The van der Waals surface area contributed by atoms with E-state index >= 15 is 0 Å². The van der Waals surface area contributed by atoms with Crippen molar-refractivity contribution >= 4 is 5.91 Å². The first-order valence-corrected chi connectivity index (χ1v) is 8.64. The Kier molecular flexibility index (Phi) is 6.87. The van der Waals surface area contributed by atoms with Crippen molar-refractivity contribution in [2.75, 3.05) is 14.2 Å². The molecule has 2 aromatic carbocycles. The Morgan fingerprint density at radius 2 is 1.72 bits per heavy atom. The molecule has 2 rings (SSSR count). The molecule has 4 heteroatoms. The van der Waals surface area contributed by atoms with E-state index in [-0.39, 0.29) is 11.9 Å². The lowest BCUT2D eigenvalue weighted by atomic mass is 10.0. The minimum atomic E-state index is -0.0367. The maximum atomic E-state index is 12.3. The van der Waals surface area contributed by atoms with Gasteiger partial charge in [-0.2, -0.15) is 0 Å². The van der Waals surface area contributed by atoms with Gasteiger partial charge in [0.1, 0.15) is 0 Å². The Bertz CT molecular complexity index is 695. The molecule has 0 heterocycles. The third-order valence-corrected chi connectivity index (χ3v) is 4.31. The number of aryl methyl sites for hydroxylation is 2. The molecule has 0 aliphatic carbocycles. The number of hydrogen-bond donors (Lipinski definition) is 1. The van der Waals surface area contributed by atoms with Crippen molar-refractivity contribution in [3.8, 4) is 11.5 Å². The van der Waals surface area contributed by atoms with Gasteiger partial charge in [-0.25, -0.2) is 0 Å². The van der Waals surface area contributed by atoms with Gasteiger partial charge in [-0.3, -0.25) is 4.79 Å². The monoisotopic (exact) mass is 341 g/mol. The average Bonchev–Trinajstić information content (AvgIpc) is 2.65. The highest BCUT2D eigenvalue weighted by Gasteiger charge is 2.15. The van der Waals surface area contributed by atoms with E-state index in [1.807, 2.05) is 18.2 Å². The predicted octanol–water partition coefficient (Wildman–Crippen LogP) is 4.21.